The van der Waals surface area contributed by atoms with E-state index in [1.54, 1.807) is 6.33 Å². The Bertz CT molecular complexity index is 518. The van der Waals surface area contributed by atoms with E-state index in [4.69, 9.17) is 0 Å². The minimum absolute atomic E-state index is 0.805. The van der Waals surface area contributed by atoms with Gasteiger partial charge in [-0.05, 0) is 45.8 Å². The largest absolute Gasteiger partial charge is 0.356 e. The van der Waals surface area contributed by atoms with E-state index in [9.17, 15) is 0 Å². The van der Waals surface area contributed by atoms with Crippen molar-refractivity contribution in [1.82, 2.24) is 19.8 Å². The molecule has 5 heteroatoms. The van der Waals surface area contributed by atoms with Gasteiger partial charge in [0.25, 0.3) is 0 Å². The summed E-state index contributed by atoms with van der Waals surface area (Å²) in [5.74, 6) is 1.21. The fourth-order valence-corrected chi connectivity index (χ4v) is 4.28. The van der Waals surface area contributed by atoms with E-state index in [-0.39, 0.29) is 0 Å². The Hall–Kier alpha value is -1.20. The number of likely N-dealkylation sites (N-methyl/N-ethyl adjacent to an activating group) is 1. The third-order valence-electron chi connectivity index (χ3n) is 5.59. The molecule has 0 aliphatic carbocycles. The van der Waals surface area contributed by atoms with Crippen LogP contribution in [-0.4, -0.2) is 65.6 Å². The predicted molar refractivity (Wildman–Crippen MR) is 88.1 cm³/mol. The molecule has 4 rings (SSSR count). The number of hydrogen-bond acceptors (Lipinski definition) is 5. The van der Waals surface area contributed by atoms with E-state index in [0.29, 0.717) is 0 Å². The zero-order valence-electron chi connectivity index (χ0n) is 13.7. The summed E-state index contributed by atoms with van der Waals surface area (Å²) in [6, 6.07) is 0.805. The third-order valence-corrected chi connectivity index (χ3v) is 5.59. The molecule has 0 radical (unpaired) electrons. The minimum atomic E-state index is 0.805. The summed E-state index contributed by atoms with van der Waals surface area (Å²) in [5.41, 5.74) is 2.64. The summed E-state index contributed by atoms with van der Waals surface area (Å²) >= 11 is 0. The summed E-state index contributed by atoms with van der Waals surface area (Å²) in [6.07, 6.45) is 8.19. The number of likely N-dealkylation sites (tertiary alicyclic amines) is 1. The topological polar surface area (TPSA) is 35.5 Å². The van der Waals surface area contributed by atoms with Gasteiger partial charge in [0.2, 0.25) is 0 Å². The van der Waals surface area contributed by atoms with E-state index < -0.39 is 0 Å². The number of aromatic nitrogens is 2. The summed E-state index contributed by atoms with van der Waals surface area (Å²) < 4.78 is 0. The maximum atomic E-state index is 4.65. The van der Waals surface area contributed by atoms with Crippen molar-refractivity contribution in [2.24, 2.45) is 0 Å². The lowest BCUT2D eigenvalue weighted by Gasteiger charge is -2.38. The zero-order valence-corrected chi connectivity index (χ0v) is 13.7. The van der Waals surface area contributed by atoms with E-state index in [1.165, 1.54) is 55.8 Å². The summed E-state index contributed by atoms with van der Waals surface area (Å²) in [4.78, 5) is 16.8. The molecule has 2 saturated heterocycles. The average molecular weight is 301 g/mol. The molecule has 0 bridgehead atoms. The van der Waals surface area contributed by atoms with E-state index >= 15 is 0 Å². The van der Waals surface area contributed by atoms with Gasteiger partial charge in [0.15, 0.2) is 0 Å². The maximum absolute atomic E-state index is 4.65. The first-order chi connectivity index (χ1) is 10.8. The molecular weight excluding hydrogens is 274 g/mol. The lowest BCUT2D eigenvalue weighted by molar-refractivity contribution is 0.207. The maximum Gasteiger partial charge on any atom is 0.136 e. The Labute approximate surface area is 133 Å². The zero-order chi connectivity index (χ0) is 14.9. The van der Waals surface area contributed by atoms with Crippen molar-refractivity contribution in [2.45, 2.75) is 44.7 Å². The van der Waals surface area contributed by atoms with E-state index in [2.05, 4.69) is 31.7 Å². The summed E-state index contributed by atoms with van der Waals surface area (Å²) in [6.45, 7) is 7.04. The van der Waals surface area contributed by atoms with Gasteiger partial charge >= 0.3 is 0 Å². The molecule has 3 aliphatic heterocycles. The highest BCUT2D eigenvalue weighted by Gasteiger charge is 2.29. The van der Waals surface area contributed by atoms with Gasteiger partial charge in [0.05, 0.1) is 5.69 Å². The quantitative estimate of drug-likeness (QED) is 0.828. The van der Waals surface area contributed by atoms with Crippen LogP contribution >= 0.6 is 0 Å². The first-order valence-corrected chi connectivity index (χ1v) is 8.81. The molecule has 22 heavy (non-hydrogen) atoms. The highest BCUT2D eigenvalue weighted by molar-refractivity contribution is 5.49. The van der Waals surface area contributed by atoms with Gasteiger partial charge in [-0.2, -0.15) is 0 Å². The molecule has 0 saturated carbocycles. The van der Waals surface area contributed by atoms with Crippen molar-refractivity contribution in [2.75, 3.05) is 44.7 Å². The molecule has 1 aromatic heterocycles. The second-order valence-electron chi connectivity index (χ2n) is 7.07. The van der Waals surface area contributed by atoms with E-state index in [0.717, 1.165) is 38.6 Å². The van der Waals surface area contributed by atoms with Gasteiger partial charge in [-0.15, -0.1) is 0 Å². The molecule has 4 heterocycles. The standard InChI is InChI=1S/C17H27N5/c1-20-9-6-16-15(12-20)17(19-13-18-16)22-10-4-14(5-11-22)21-7-2-3-8-21/h13-14H,2-12H2,1H3. The first-order valence-electron chi connectivity index (χ1n) is 8.81. The molecular formula is C17H27N5. The Morgan fingerprint density at radius 2 is 1.77 bits per heavy atom. The van der Waals surface area contributed by atoms with Gasteiger partial charge in [0.1, 0.15) is 12.1 Å². The lowest BCUT2D eigenvalue weighted by Crippen LogP contribution is -2.44. The van der Waals surface area contributed by atoms with Crippen LogP contribution in [0.2, 0.25) is 0 Å². The molecule has 0 unspecified atom stereocenters. The van der Waals surface area contributed by atoms with Gasteiger partial charge < -0.3 is 14.7 Å². The van der Waals surface area contributed by atoms with Crippen LogP contribution in [0, 0.1) is 0 Å². The number of hydrogen-bond donors (Lipinski definition) is 0. The molecule has 0 atom stereocenters. The van der Waals surface area contributed by atoms with Crippen molar-refractivity contribution in [3.05, 3.63) is 17.6 Å². The van der Waals surface area contributed by atoms with Crippen molar-refractivity contribution in [3.8, 4) is 0 Å². The normalized spacial score (nSPS) is 24.7. The van der Waals surface area contributed by atoms with Crippen LogP contribution in [0.1, 0.15) is 36.9 Å². The molecule has 1 aromatic rings. The molecule has 2 fully saturated rings. The Kier molecular flexibility index (Phi) is 4.01. The van der Waals surface area contributed by atoms with Crippen LogP contribution in [0.4, 0.5) is 5.82 Å². The van der Waals surface area contributed by atoms with Crippen LogP contribution in [0.25, 0.3) is 0 Å². The molecule has 0 aromatic carbocycles. The molecule has 0 spiro atoms. The second kappa shape index (κ2) is 6.13. The van der Waals surface area contributed by atoms with Gasteiger partial charge in [0, 0.05) is 44.2 Å². The van der Waals surface area contributed by atoms with Crippen LogP contribution < -0.4 is 4.90 Å². The van der Waals surface area contributed by atoms with Crippen LogP contribution in [0.15, 0.2) is 6.33 Å². The highest BCUT2D eigenvalue weighted by atomic mass is 15.2. The fourth-order valence-electron chi connectivity index (χ4n) is 4.28. The van der Waals surface area contributed by atoms with Crippen molar-refractivity contribution >= 4 is 5.82 Å². The highest BCUT2D eigenvalue weighted by Crippen LogP contribution is 2.29. The van der Waals surface area contributed by atoms with Gasteiger partial charge in [-0.1, -0.05) is 0 Å². The number of piperidine rings is 1. The van der Waals surface area contributed by atoms with Crippen molar-refractivity contribution in [3.63, 3.8) is 0 Å². The molecule has 3 aliphatic rings. The Morgan fingerprint density at radius 3 is 2.55 bits per heavy atom. The first kappa shape index (κ1) is 14.4. The number of fused-ring (bicyclic) bond motifs is 1. The average Bonchev–Trinajstić information content (AvgIpc) is 3.09. The van der Waals surface area contributed by atoms with Crippen LogP contribution in [0.5, 0.6) is 0 Å². The van der Waals surface area contributed by atoms with Gasteiger partial charge in [-0.3, -0.25) is 0 Å². The lowest BCUT2D eigenvalue weighted by atomic mass is 10.0. The summed E-state index contributed by atoms with van der Waals surface area (Å²) in [7, 11) is 2.19. The number of rotatable bonds is 2. The Balaban J connectivity index is 1.47. The predicted octanol–water partition coefficient (Wildman–Crippen LogP) is 1.53. The SMILES string of the molecule is CN1CCc2ncnc(N3CCC(N4CCCC4)CC3)c2C1. The van der Waals surface area contributed by atoms with Crippen molar-refractivity contribution < 1.29 is 0 Å². The molecule has 0 amide bonds. The van der Waals surface area contributed by atoms with Gasteiger partial charge in [-0.25, -0.2) is 9.97 Å². The molecule has 5 nitrogen and oxygen atoms in total. The van der Waals surface area contributed by atoms with Crippen molar-refractivity contribution in [1.29, 1.82) is 0 Å². The third kappa shape index (κ3) is 2.72. The Morgan fingerprint density at radius 1 is 1.00 bits per heavy atom. The van der Waals surface area contributed by atoms with Crippen LogP contribution in [0.3, 0.4) is 0 Å². The number of nitrogens with zero attached hydrogens (tertiary/aromatic N) is 5. The monoisotopic (exact) mass is 301 g/mol. The van der Waals surface area contributed by atoms with E-state index in [1.807, 2.05) is 0 Å². The second-order valence-corrected chi connectivity index (χ2v) is 7.07. The molecule has 120 valence electrons. The fraction of sp³-hybridized carbons (Fsp3) is 0.765. The van der Waals surface area contributed by atoms with Crippen LogP contribution in [-0.2, 0) is 13.0 Å². The number of anilines is 1. The smallest absolute Gasteiger partial charge is 0.136 e. The molecule has 0 N–H and O–H groups in total. The minimum Gasteiger partial charge on any atom is -0.356 e. The summed E-state index contributed by atoms with van der Waals surface area (Å²) in [5, 5.41) is 0.